The van der Waals surface area contributed by atoms with Crippen LogP contribution in [0, 0.1) is 5.92 Å². The van der Waals surface area contributed by atoms with E-state index in [9.17, 15) is 9.59 Å². The molecule has 1 saturated heterocycles. The highest BCUT2D eigenvalue weighted by Crippen LogP contribution is 2.43. The third-order valence-corrected chi connectivity index (χ3v) is 6.15. The van der Waals surface area contributed by atoms with Crippen LogP contribution in [0.4, 0.5) is 0 Å². The molecule has 0 aromatic heterocycles. The fourth-order valence-electron chi connectivity index (χ4n) is 4.37. The third-order valence-electron chi connectivity index (χ3n) is 6.15. The van der Waals surface area contributed by atoms with E-state index in [2.05, 4.69) is 5.32 Å². The summed E-state index contributed by atoms with van der Waals surface area (Å²) >= 11 is 0. The number of nitrogens with one attached hydrogen (secondary N) is 1. The molecule has 2 aromatic rings. The number of methoxy groups -OCH3 is 4. The summed E-state index contributed by atoms with van der Waals surface area (Å²) < 4.78 is 21.6. The van der Waals surface area contributed by atoms with E-state index >= 15 is 0 Å². The van der Waals surface area contributed by atoms with Gasteiger partial charge >= 0.3 is 0 Å². The monoisotopic (exact) mass is 470 g/mol. The van der Waals surface area contributed by atoms with Crippen molar-refractivity contribution in [2.45, 2.75) is 18.8 Å². The predicted octanol–water partition coefficient (Wildman–Crippen LogP) is 2.65. The molecule has 0 bridgehead atoms. The Morgan fingerprint density at radius 1 is 0.971 bits per heavy atom. The van der Waals surface area contributed by atoms with Crippen LogP contribution in [0.1, 0.15) is 23.5 Å². The Morgan fingerprint density at radius 3 is 2.24 bits per heavy atom. The lowest BCUT2D eigenvalue weighted by Crippen LogP contribution is -2.36. The first kappa shape index (κ1) is 25.4. The Kier molecular flexibility index (Phi) is 9.16. The first-order valence-corrected chi connectivity index (χ1v) is 11.4. The van der Waals surface area contributed by atoms with E-state index < -0.39 is 5.92 Å². The van der Waals surface area contributed by atoms with Gasteiger partial charge in [0, 0.05) is 39.3 Å². The van der Waals surface area contributed by atoms with E-state index in [-0.39, 0.29) is 17.7 Å². The fraction of sp³-hybridized carbons (Fsp3) is 0.462. The van der Waals surface area contributed by atoms with Gasteiger partial charge in [-0.1, -0.05) is 30.3 Å². The molecule has 184 valence electrons. The number of likely N-dealkylation sites (tertiary alicyclic amines) is 1. The molecule has 34 heavy (non-hydrogen) atoms. The number of amides is 2. The summed E-state index contributed by atoms with van der Waals surface area (Å²) in [7, 11) is 6.31. The Balaban J connectivity index is 1.86. The molecule has 0 spiro atoms. The lowest BCUT2D eigenvalue weighted by Gasteiger charge is -2.21. The van der Waals surface area contributed by atoms with Gasteiger partial charge in [-0.3, -0.25) is 9.59 Å². The van der Waals surface area contributed by atoms with Gasteiger partial charge in [-0.2, -0.15) is 0 Å². The molecular formula is C26H34N2O6. The summed E-state index contributed by atoms with van der Waals surface area (Å²) in [5.74, 6) is 0.837. The number of carbonyl (C=O) groups excluding carboxylic acids is 2. The zero-order valence-corrected chi connectivity index (χ0v) is 20.3. The molecular weight excluding hydrogens is 436 g/mol. The van der Waals surface area contributed by atoms with Gasteiger partial charge in [0.1, 0.15) is 0 Å². The quantitative estimate of drug-likeness (QED) is 0.508. The van der Waals surface area contributed by atoms with Crippen molar-refractivity contribution in [1.29, 1.82) is 0 Å². The number of benzene rings is 2. The maximum atomic E-state index is 13.2. The predicted molar refractivity (Wildman–Crippen MR) is 129 cm³/mol. The van der Waals surface area contributed by atoms with Crippen LogP contribution in [0.3, 0.4) is 0 Å². The second-order valence-corrected chi connectivity index (χ2v) is 8.27. The Labute approximate surface area is 201 Å². The molecule has 2 unspecified atom stereocenters. The van der Waals surface area contributed by atoms with Crippen LogP contribution in [0.25, 0.3) is 0 Å². The molecule has 8 nitrogen and oxygen atoms in total. The SMILES string of the molecule is COCCCNC(=O)C1CN(C(=O)Cc2ccccc2)CC1c1cc(OC)c(OC)c(OC)c1. The second kappa shape index (κ2) is 12.3. The Bertz CT molecular complexity index is 940. The van der Waals surface area contributed by atoms with Crippen molar-refractivity contribution in [3.8, 4) is 17.2 Å². The van der Waals surface area contributed by atoms with Crippen molar-refractivity contribution >= 4 is 11.8 Å². The average Bonchev–Trinajstić information content (AvgIpc) is 3.32. The van der Waals surface area contributed by atoms with Gasteiger partial charge in [-0.25, -0.2) is 0 Å². The number of hydrogen-bond acceptors (Lipinski definition) is 6. The smallest absolute Gasteiger partial charge is 0.227 e. The van der Waals surface area contributed by atoms with Crippen LogP contribution in [-0.2, 0) is 20.7 Å². The van der Waals surface area contributed by atoms with E-state index in [0.717, 1.165) is 17.5 Å². The van der Waals surface area contributed by atoms with Gasteiger partial charge in [-0.05, 0) is 29.7 Å². The summed E-state index contributed by atoms with van der Waals surface area (Å²) in [5, 5.41) is 3.00. The molecule has 1 heterocycles. The maximum Gasteiger partial charge on any atom is 0.227 e. The highest BCUT2D eigenvalue weighted by molar-refractivity contribution is 5.84. The molecule has 2 atom stereocenters. The minimum Gasteiger partial charge on any atom is -0.493 e. The van der Waals surface area contributed by atoms with Gasteiger partial charge in [0.2, 0.25) is 17.6 Å². The van der Waals surface area contributed by atoms with Crippen molar-refractivity contribution in [2.24, 2.45) is 5.92 Å². The second-order valence-electron chi connectivity index (χ2n) is 8.27. The minimum absolute atomic E-state index is 0.00155. The summed E-state index contributed by atoms with van der Waals surface area (Å²) in [4.78, 5) is 28.1. The van der Waals surface area contributed by atoms with E-state index in [1.54, 1.807) is 33.3 Å². The van der Waals surface area contributed by atoms with E-state index in [0.29, 0.717) is 49.9 Å². The number of rotatable bonds is 11. The lowest BCUT2D eigenvalue weighted by molar-refractivity contribution is -0.130. The first-order chi connectivity index (χ1) is 16.5. The first-order valence-electron chi connectivity index (χ1n) is 11.4. The molecule has 2 amide bonds. The van der Waals surface area contributed by atoms with Crippen LogP contribution in [0.2, 0.25) is 0 Å². The topological polar surface area (TPSA) is 86.3 Å². The van der Waals surface area contributed by atoms with Gasteiger partial charge in [0.25, 0.3) is 0 Å². The number of carbonyl (C=O) groups is 2. The van der Waals surface area contributed by atoms with Crippen molar-refractivity contribution in [3.05, 3.63) is 53.6 Å². The summed E-state index contributed by atoms with van der Waals surface area (Å²) in [6, 6.07) is 13.4. The summed E-state index contributed by atoms with van der Waals surface area (Å²) in [6.07, 6.45) is 1.02. The Hall–Kier alpha value is -3.26. The van der Waals surface area contributed by atoms with Crippen molar-refractivity contribution in [3.63, 3.8) is 0 Å². The highest BCUT2D eigenvalue weighted by Gasteiger charge is 2.41. The van der Waals surface area contributed by atoms with Crippen LogP contribution in [0.15, 0.2) is 42.5 Å². The molecule has 1 N–H and O–H groups in total. The maximum absolute atomic E-state index is 13.2. The van der Waals surface area contributed by atoms with Crippen LogP contribution >= 0.6 is 0 Å². The molecule has 1 aliphatic rings. The van der Waals surface area contributed by atoms with Gasteiger partial charge in [-0.15, -0.1) is 0 Å². The van der Waals surface area contributed by atoms with E-state index in [4.69, 9.17) is 18.9 Å². The zero-order chi connectivity index (χ0) is 24.5. The molecule has 8 heteroatoms. The number of hydrogen-bond donors (Lipinski definition) is 1. The molecule has 2 aromatic carbocycles. The molecule has 0 aliphatic carbocycles. The zero-order valence-electron chi connectivity index (χ0n) is 20.3. The third kappa shape index (κ3) is 5.99. The van der Waals surface area contributed by atoms with Gasteiger partial charge in [0.05, 0.1) is 33.7 Å². The molecule has 1 aliphatic heterocycles. The van der Waals surface area contributed by atoms with Crippen molar-refractivity contribution < 1.29 is 28.5 Å². The minimum atomic E-state index is -0.398. The normalized spacial score (nSPS) is 17.4. The van der Waals surface area contributed by atoms with Gasteiger partial charge in [0.15, 0.2) is 11.5 Å². The molecule has 0 radical (unpaired) electrons. The van der Waals surface area contributed by atoms with E-state index in [1.807, 2.05) is 42.5 Å². The van der Waals surface area contributed by atoms with Gasteiger partial charge < -0.3 is 29.2 Å². The lowest BCUT2D eigenvalue weighted by atomic mass is 9.88. The fourth-order valence-corrected chi connectivity index (χ4v) is 4.37. The summed E-state index contributed by atoms with van der Waals surface area (Å²) in [5.41, 5.74) is 1.81. The van der Waals surface area contributed by atoms with Crippen LogP contribution in [-0.4, -0.2) is 71.4 Å². The van der Waals surface area contributed by atoms with Crippen molar-refractivity contribution in [1.82, 2.24) is 10.2 Å². The van der Waals surface area contributed by atoms with Crippen LogP contribution < -0.4 is 19.5 Å². The number of ether oxygens (including phenoxy) is 4. The van der Waals surface area contributed by atoms with Crippen molar-refractivity contribution in [2.75, 3.05) is 54.7 Å². The van der Waals surface area contributed by atoms with E-state index in [1.165, 1.54) is 0 Å². The largest absolute Gasteiger partial charge is 0.493 e. The Morgan fingerprint density at radius 2 is 1.65 bits per heavy atom. The number of nitrogens with zero attached hydrogens (tertiary/aromatic N) is 1. The molecule has 1 fully saturated rings. The molecule has 0 saturated carbocycles. The average molecular weight is 471 g/mol. The molecule has 3 rings (SSSR count). The standard InChI is InChI=1S/C26H34N2O6/c1-31-12-8-11-27-26(30)21-17-28(24(29)13-18-9-6-5-7-10-18)16-20(21)19-14-22(32-2)25(34-4)23(15-19)33-3/h5-7,9-10,14-15,20-21H,8,11-13,16-17H2,1-4H3,(H,27,30). The van der Waals surface area contributed by atoms with Crippen LogP contribution in [0.5, 0.6) is 17.2 Å². The highest BCUT2D eigenvalue weighted by atomic mass is 16.5. The summed E-state index contributed by atoms with van der Waals surface area (Å²) in [6.45, 7) is 1.87.